The fraction of sp³-hybridized carbons (Fsp3) is 0.316. The first-order chi connectivity index (χ1) is 11.0. The molecule has 0 bridgehead atoms. The summed E-state index contributed by atoms with van der Waals surface area (Å²) >= 11 is 5.97. The zero-order valence-electron chi connectivity index (χ0n) is 13.4. The van der Waals surface area contributed by atoms with E-state index in [2.05, 4.69) is 5.32 Å². The number of benzene rings is 2. The third-order valence-corrected chi connectivity index (χ3v) is 4.89. The molecule has 4 heteroatoms. The number of methoxy groups -OCH3 is 1. The number of anilines is 1. The van der Waals surface area contributed by atoms with Crippen LogP contribution in [0.3, 0.4) is 0 Å². The summed E-state index contributed by atoms with van der Waals surface area (Å²) in [6.45, 7) is 1.99. The normalized spacial score (nSPS) is 15.6. The van der Waals surface area contributed by atoms with Crippen LogP contribution in [0.5, 0.6) is 5.75 Å². The Balaban J connectivity index is 1.89. The minimum absolute atomic E-state index is 0.0231. The van der Waals surface area contributed by atoms with Gasteiger partial charge in [-0.15, -0.1) is 0 Å². The summed E-state index contributed by atoms with van der Waals surface area (Å²) in [6, 6.07) is 13.4. The van der Waals surface area contributed by atoms with E-state index in [0.717, 1.165) is 36.1 Å². The van der Waals surface area contributed by atoms with Gasteiger partial charge in [-0.25, -0.2) is 0 Å². The zero-order chi connectivity index (χ0) is 16.4. The van der Waals surface area contributed by atoms with Crippen LogP contribution in [0.4, 0.5) is 5.69 Å². The van der Waals surface area contributed by atoms with Crippen molar-refractivity contribution < 1.29 is 9.53 Å². The summed E-state index contributed by atoms with van der Waals surface area (Å²) in [4.78, 5) is 13.0. The van der Waals surface area contributed by atoms with Crippen molar-refractivity contribution in [1.82, 2.24) is 0 Å². The standard InChI is InChI=1S/C19H20ClNO2/c1-13-4-9-17(23-2)16(12-13)21-18(22)19(10-3-11-19)14-5-7-15(20)8-6-14/h4-9,12H,3,10-11H2,1-2H3,(H,21,22). The van der Waals surface area contributed by atoms with E-state index >= 15 is 0 Å². The fourth-order valence-electron chi connectivity index (χ4n) is 3.11. The van der Waals surface area contributed by atoms with Crippen molar-refractivity contribution in [2.45, 2.75) is 31.6 Å². The number of aryl methyl sites for hydroxylation is 1. The fourth-order valence-corrected chi connectivity index (χ4v) is 3.23. The first-order valence-corrected chi connectivity index (χ1v) is 8.15. The molecule has 3 nitrogen and oxygen atoms in total. The van der Waals surface area contributed by atoms with Crippen LogP contribution in [-0.2, 0) is 10.2 Å². The van der Waals surface area contributed by atoms with E-state index in [4.69, 9.17) is 16.3 Å². The van der Waals surface area contributed by atoms with E-state index in [9.17, 15) is 4.79 Å². The van der Waals surface area contributed by atoms with Crippen LogP contribution >= 0.6 is 11.6 Å². The van der Waals surface area contributed by atoms with Gasteiger partial charge in [-0.3, -0.25) is 4.79 Å². The number of rotatable bonds is 4. The molecule has 0 spiro atoms. The lowest BCUT2D eigenvalue weighted by atomic mass is 9.64. The van der Waals surface area contributed by atoms with Gasteiger partial charge in [0.25, 0.3) is 0 Å². The third-order valence-electron chi connectivity index (χ3n) is 4.64. The van der Waals surface area contributed by atoms with Gasteiger partial charge in [0.2, 0.25) is 5.91 Å². The molecular weight excluding hydrogens is 310 g/mol. The molecule has 2 aromatic carbocycles. The average Bonchev–Trinajstić information content (AvgIpc) is 2.48. The average molecular weight is 330 g/mol. The van der Waals surface area contributed by atoms with Gasteiger partial charge in [0, 0.05) is 5.02 Å². The molecule has 0 aromatic heterocycles. The Kier molecular flexibility index (Phi) is 4.31. The molecule has 0 radical (unpaired) electrons. The maximum absolute atomic E-state index is 13.0. The van der Waals surface area contributed by atoms with Crippen molar-refractivity contribution >= 4 is 23.2 Å². The lowest BCUT2D eigenvalue weighted by Crippen LogP contribution is -2.46. The highest BCUT2D eigenvalue weighted by Crippen LogP contribution is 2.45. The van der Waals surface area contributed by atoms with Gasteiger partial charge in [-0.05, 0) is 55.2 Å². The Morgan fingerprint density at radius 1 is 1.17 bits per heavy atom. The van der Waals surface area contributed by atoms with Crippen LogP contribution in [0.1, 0.15) is 30.4 Å². The molecule has 0 heterocycles. The highest BCUT2D eigenvalue weighted by Gasteiger charge is 2.45. The predicted molar refractivity (Wildman–Crippen MR) is 93.3 cm³/mol. The predicted octanol–water partition coefficient (Wildman–Crippen LogP) is 4.72. The van der Waals surface area contributed by atoms with E-state index in [0.29, 0.717) is 10.8 Å². The molecule has 0 saturated heterocycles. The molecule has 0 unspecified atom stereocenters. The van der Waals surface area contributed by atoms with E-state index in [1.54, 1.807) is 7.11 Å². The second-order valence-corrected chi connectivity index (χ2v) is 6.54. The Morgan fingerprint density at radius 2 is 1.87 bits per heavy atom. The van der Waals surface area contributed by atoms with Gasteiger partial charge in [0.15, 0.2) is 0 Å². The number of carbonyl (C=O) groups is 1. The smallest absolute Gasteiger partial charge is 0.235 e. The maximum atomic E-state index is 13.0. The summed E-state index contributed by atoms with van der Waals surface area (Å²) < 4.78 is 5.35. The largest absolute Gasteiger partial charge is 0.495 e. The van der Waals surface area contributed by atoms with Crippen LogP contribution in [-0.4, -0.2) is 13.0 Å². The van der Waals surface area contributed by atoms with Gasteiger partial charge < -0.3 is 10.1 Å². The molecule has 0 aliphatic heterocycles. The number of amides is 1. The Labute approximate surface area is 141 Å². The molecule has 1 aliphatic rings. The van der Waals surface area contributed by atoms with Crippen molar-refractivity contribution in [3.8, 4) is 5.75 Å². The Bertz CT molecular complexity index is 721. The van der Waals surface area contributed by atoms with E-state index in [1.807, 2.05) is 49.4 Å². The number of carbonyl (C=O) groups excluding carboxylic acids is 1. The highest BCUT2D eigenvalue weighted by molar-refractivity contribution is 6.30. The summed E-state index contributed by atoms with van der Waals surface area (Å²) in [7, 11) is 1.61. The molecule has 1 amide bonds. The van der Waals surface area contributed by atoms with Crippen LogP contribution in [0.15, 0.2) is 42.5 Å². The van der Waals surface area contributed by atoms with Gasteiger partial charge in [0.1, 0.15) is 5.75 Å². The Morgan fingerprint density at radius 3 is 2.43 bits per heavy atom. The Hall–Kier alpha value is -2.00. The van der Waals surface area contributed by atoms with E-state index < -0.39 is 5.41 Å². The molecule has 1 aliphatic carbocycles. The molecule has 0 atom stereocenters. The van der Waals surface area contributed by atoms with E-state index in [1.165, 1.54) is 0 Å². The molecular formula is C19H20ClNO2. The van der Waals surface area contributed by atoms with Crippen molar-refractivity contribution in [1.29, 1.82) is 0 Å². The van der Waals surface area contributed by atoms with Crippen LogP contribution < -0.4 is 10.1 Å². The highest BCUT2D eigenvalue weighted by atomic mass is 35.5. The summed E-state index contributed by atoms with van der Waals surface area (Å²) in [6.07, 6.45) is 2.77. The lowest BCUT2D eigenvalue weighted by Gasteiger charge is -2.40. The summed E-state index contributed by atoms with van der Waals surface area (Å²) in [5, 5.41) is 3.75. The zero-order valence-corrected chi connectivity index (χ0v) is 14.1. The third kappa shape index (κ3) is 2.93. The number of halogens is 1. The number of ether oxygens (including phenoxy) is 1. The van der Waals surface area contributed by atoms with Crippen molar-refractivity contribution in [3.05, 3.63) is 58.6 Å². The topological polar surface area (TPSA) is 38.3 Å². The minimum atomic E-state index is -0.459. The SMILES string of the molecule is COc1ccc(C)cc1NC(=O)C1(c2ccc(Cl)cc2)CCC1. The second-order valence-electron chi connectivity index (χ2n) is 6.10. The molecule has 23 heavy (non-hydrogen) atoms. The van der Waals surface area contributed by atoms with Crippen LogP contribution in [0, 0.1) is 6.92 Å². The molecule has 2 aromatic rings. The summed E-state index contributed by atoms with van der Waals surface area (Å²) in [5.74, 6) is 0.699. The van der Waals surface area contributed by atoms with Crippen molar-refractivity contribution in [2.75, 3.05) is 12.4 Å². The number of hydrogen-bond donors (Lipinski definition) is 1. The van der Waals surface area contributed by atoms with Crippen LogP contribution in [0.25, 0.3) is 0 Å². The molecule has 120 valence electrons. The van der Waals surface area contributed by atoms with Crippen molar-refractivity contribution in [2.24, 2.45) is 0 Å². The molecule has 1 saturated carbocycles. The van der Waals surface area contributed by atoms with Gasteiger partial charge in [0.05, 0.1) is 18.2 Å². The first-order valence-electron chi connectivity index (χ1n) is 7.77. The van der Waals surface area contributed by atoms with Gasteiger partial charge >= 0.3 is 0 Å². The number of nitrogens with one attached hydrogen (secondary N) is 1. The molecule has 1 fully saturated rings. The van der Waals surface area contributed by atoms with Crippen LogP contribution in [0.2, 0.25) is 5.02 Å². The monoisotopic (exact) mass is 329 g/mol. The molecule has 1 N–H and O–H groups in total. The summed E-state index contributed by atoms with van der Waals surface area (Å²) in [5.41, 5.74) is 2.37. The molecule has 3 rings (SSSR count). The van der Waals surface area contributed by atoms with Gasteiger partial charge in [-0.1, -0.05) is 36.2 Å². The minimum Gasteiger partial charge on any atom is -0.495 e. The van der Waals surface area contributed by atoms with E-state index in [-0.39, 0.29) is 5.91 Å². The van der Waals surface area contributed by atoms with Crippen molar-refractivity contribution in [3.63, 3.8) is 0 Å². The number of hydrogen-bond acceptors (Lipinski definition) is 2. The second kappa shape index (κ2) is 6.25. The first kappa shape index (κ1) is 15.9. The lowest BCUT2D eigenvalue weighted by molar-refractivity contribution is -0.124. The quantitative estimate of drug-likeness (QED) is 0.881. The maximum Gasteiger partial charge on any atom is 0.235 e. The van der Waals surface area contributed by atoms with Gasteiger partial charge in [-0.2, -0.15) is 0 Å².